The second kappa shape index (κ2) is 6.28. The maximum atomic E-state index is 13.5. The number of carboxylic acid groups (broad SMARTS) is 1. The van der Waals surface area contributed by atoms with E-state index in [-0.39, 0.29) is 5.56 Å². The minimum atomic E-state index is -1.49. The fourth-order valence-electron chi connectivity index (χ4n) is 1.31. The Kier molecular flexibility index (Phi) is 4.99. The number of nitrogens with two attached hydrogens (primary N) is 1. The van der Waals surface area contributed by atoms with Crippen LogP contribution in [0.3, 0.4) is 0 Å². The van der Waals surface area contributed by atoms with Gasteiger partial charge < -0.3 is 16.2 Å². The molecule has 102 valence electrons. The molecule has 19 heavy (non-hydrogen) atoms. The second-order valence-corrected chi connectivity index (χ2v) is 4.57. The molecular weight excluding hydrogens is 323 g/mol. The van der Waals surface area contributed by atoms with Crippen molar-refractivity contribution in [1.82, 2.24) is 5.32 Å². The van der Waals surface area contributed by atoms with Gasteiger partial charge in [0.1, 0.15) is 11.9 Å². The third-order valence-electron chi connectivity index (χ3n) is 2.18. The van der Waals surface area contributed by atoms with Crippen LogP contribution in [0.15, 0.2) is 22.7 Å². The Bertz CT molecular complexity index is 535. The van der Waals surface area contributed by atoms with E-state index in [9.17, 15) is 18.8 Å². The summed E-state index contributed by atoms with van der Waals surface area (Å²) in [5.41, 5.74) is 4.54. The summed E-state index contributed by atoms with van der Waals surface area (Å²) >= 11 is 3.03. The lowest BCUT2D eigenvalue weighted by Gasteiger charge is -2.13. The van der Waals surface area contributed by atoms with Gasteiger partial charge in [0.2, 0.25) is 5.91 Å². The quantitative estimate of drug-likeness (QED) is 0.735. The van der Waals surface area contributed by atoms with Crippen molar-refractivity contribution in [3.8, 4) is 0 Å². The molecule has 1 unspecified atom stereocenters. The van der Waals surface area contributed by atoms with Crippen LogP contribution in [0.5, 0.6) is 0 Å². The summed E-state index contributed by atoms with van der Waals surface area (Å²) in [6.07, 6.45) is -0.570. The number of benzene rings is 1. The molecule has 0 saturated carbocycles. The molecule has 1 rings (SSSR count). The molecule has 0 bridgehead atoms. The first-order valence-electron chi connectivity index (χ1n) is 5.08. The van der Waals surface area contributed by atoms with E-state index in [1.165, 1.54) is 12.1 Å². The summed E-state index contributed by atoms with van der Waals surface area (Å²) < 4.78 is 13.9. The van der Waals surface area contributed by atoms with E-state index in [2.05, 4.69) is 15.9 Å². The Morgan fingerprint density at radius 2 is 2.05 bits per heavy atom. The number of hydrogen-bond donors (Lipinski definition) is 3. The lowest BCUT2D eigenvalue weighted by atomic mass is 10.1. The molecule has 0 saturated heterocycles. The molecule has 0 spiro atoms. The highest BCUT2D eigenvalue weighted by molar-refractivity contribution is 9.10. The fraction of sp³-hybridized carbons (Fsp3) is 0.182. The molecule has 0 aliphatic rings. The molecule has 1 atom stereocenters. The number of primary amides is 1. The van der Waals surface area contributed by atoms with Crippen molar-refractivity contribution >= 4 is 33.7 Å². The van der Waals surface area contributed by atoms with E-state index in [4.69, 9.17) is 10.8 Å². The maximum absolute atomic E-state index is 13.5. The summed E-state index contributed by atoms with van der Waals surface area (Å²) in [6.45, 7) is 0. The van der Waals surface area contributed by atoms with E-state index in [1.54, 1.807) is 0 Å². The van der Waals surface area contributed by atoms with Gasteiger partial charge in [0.05, 0.1) is 12.0 Å². The Hall–Kier alpha value is -1.96. The van der Waals surface area contributed by atoms with Gasteiger partial charge in [-0.1, -0.05) is 15.9 Å². The molecule has 0 heterocycles. The normalized spacial score (nSPS) is 11.7. The summed E-state index contributed by atoms with van der Waals surface area (Å²) in [5, 5.41) is 10.8. The van der Waals surface area contributed by atoms with E-state index < -0.39 is 36.1 Å². The van der Waals surface area contributed by atoms with Crippen molar-refractivity contribution in [2.45, 2.75) is 12.5 Å². The number of aliphatic carboxylic acids is 1. The average Bonchev–Trinajstić information content (AvgIpc) is 2.26. The lowest BCUT2D eigenvalue weighted by molar-refractivity contribution is -0.140. The van der Waals surface area contributed by atoms with Gasteiger partial charge in [-0.2, -0.15) is 0 Å². The Morgan fingerprint density at radius 3 is 2.53 bits per heavy atom. The van der Waals surface area contributed by atoms with Crippen LogP contribution in [-0.2, 0) is 9.59 Å². The number of carbonyl (C=O) groups excluding carboxylic acids is 2. The van der Waals surface area contributed by atoms with Crippen LogP contribution < -0.4 is 11.1 Å². The smallest absolute Gasteiger partial charge is 0.326 e. The van der Waals surface area contributed by atoms with E-state index in [0.717, 1.165) is 6.07 Å². The third-order valence-corrected chi connectivity index (χ3v) is 2.68. The molecule has 0 aliphatic carbocycles. The number of halogens is 2. The Balaban J connectivity index is 2.87. The molecule has 1 aromatic rings. The SMILES string of the molecule is NC(=O)CC(NC(=O)c1ccc(Br)cc1F)C(=O)O. The highest BCUT2D eigenvalue weighted by Gasteiger charge is 2.23. The van der Waals surface area contributed by atoms with Gasteiger partial charge in [-0.3, -0.25) is 9.59 Å². The largest absolute Gasteiger partial charge is 0.480 e. The molecule has 6 nitrogen and oxygen atoms in total. The number of amides is 2. The topological polar surface area (TPSA) is 109 Å². The fourth-order valence-corrected chi connectivity index (χ4v) is 1.64. The van der Waals surface area contributed by atoms with Crippen LogP contribution in [0, 0.1) is 5.82 Å². The van der Waals surface area contributed by atoms with Gasteiger partial charge >= 0.3 is 5.97 Å². The lowest BCUT2D eigenvalue weighted by Crippen LogP contribution is -2.43. The Labute approximate surface area is 115 Å². The first-order chi connectivity index (χ1) is 8.81. The summed E-state index contributed by atoms with van der Waals surface area (Å²) in [7, 11) is 0. The Morgan fingerprint density at radius 1 is 1.42 bits per heavy atom. The van der Waals surface area contributed by atoms with Gasteiger partial charge in [-0.25, -0.2) is 9.18 Å². The molecule has 4 N–H and O–H groups in total. The average molecular weight is 333 g/mol. The summed E-state index contributed by atoms with van der Waals surface area (Å²) in [6, 6.07) is 2.20. The molecule has 1 aromatic carbocycles. The number of rotatable bonds is 5. The summed E-state index contributed by atoms with van der Waals surface area (Å²) in [5.74, 6) is -4.05. The number of carbonyl (C=O) groups is 3. The van der Waals surface area contributed by atoms with Crippen LogP contribution in [0.1, 0.15) is 16.8 Å². The monoisotopic (exact) mass is 332 g/mol. The van der Waals surface area contributed by atoms with Gasteiger partial charge in [-0.05, 0) is 18.2 Å². The van der Waals surface area contributed by atoms with Crippen LogP contribution in [-0.4, -0.2) is 28.9 Å². The van der Waals surface area contributed by atoms with Gasteiger partial charge in [0.15, 0.2) is 0 Å². The highest BCUT2D eigenvalue weighted by Crippen LogP contribution is 2.15. The van der Waals surface area contributed by atoms with Crippen molar-refractivity contribution < 1.29 is 23.9 Å². The number of carboxylic acids is 1. The third kappa shape index (κ3) is 4.32. The zero-order valence-corrected chi connectivity index (χ0v) is 11.1. The number of hydrogen-bond acceptors (Lipinski definition) is 3. The number of nitrogens with one attached hydrogen (secondary N) is 1. The van der Waals surface area contributed by atoms with Gasteiger partial charge in [0, 0.05) is 4.47 Å². The first-order valence-corrected chi connectivity index (χ1v) is 5.87. The minimum Gasteiger partial charge on any atom is -0.480 e. The molecular formula is C11H10BrFN2O4. The van der Waals surface area contributed by atoms with E-state index in [1.807, 2.05) is 5.32 Å². The molecule has 2 amide bonds. The standard InChI is InChI=1S/C11H10BrFN2O4/c12-5-1-2-6(7(13)3-5)10(17)15-8(11(18)19)4-9(14)16/h1-3,8H,4H2,(H2,14,16)(H,15,17)(H,18,19). The van der Waals surface area contributed by atoms with Crippen LogP contribution in [0.2, 0.25) is 0 Å². The summed E-state index contributed by atoms with van der Waals surface area (Å²) in [4.78, 5) is 33.2. The van der Waals surface area contributed by atoms with Crippen LogP contribution in [0.25, 0.3) is 0 Å². The van der Waals surface area contributed by atoms with Crippen molar-refractivity contribution in [1.29, 1.82) is 0 Å². The molecule has 0 aliphatic heterocycles. The second-order valence-electron chi connectivity index (χ2n) is 3.66. The van der Waals surface area contributed by atoms with Crippen molar-refractivity contribution in [2.75, 3.05) is 0 Å². The predicted octanol–water partition coefficient (Wildman–Crippen LogP) is 0.647. The van der Waals surface area contributed by atoms with Gasteiger partial charge in [-0.15, -0.1) is 0 Å². The van der Waals surface area contributed by atoms with Crippen molar-refractivity contribution in [3.63, 3.8) is 0 Å². The van der Waals surface area contributed by atoms with E-state index in [0.29, 0.717) is 4.47 Å². The van der Waals surface area contributed by atoms with Crippen LogP contribution in [0.4, 0.5) is 4.39 Å². The molecule has 0 aromatic heterocycles. The van der Waals surface area contributed by atoms with Crippen molar-refractivity contribution in [3.05, 3.63) is 34.1 Å². The highest BCUT2D eigenvalue weighted by atomic mass is 79.9. The van der Waals surface area contributed by atoms with Crippen molar-refractivity contribution in [2.24, 2.45) is 5.73 Å². The van der Waals surface area contributed by atoms with Crippen LogP contribution >= 0.6 is 15.9 Å². The zero-order chi connectivity index (χ0) is 14.6. The molecule has 0 radical (unpaired) electrons. The van der Waals surface area contributed by atoms with Gasteiger partial charge in [0.25, 0.3) is 5.91 Å². The first kappa shape index (κ1) is 15.1. The molecule has 0 fully saturated rings. The maximum Gasteiger partial charge on any atom is 0.326 e. The predicted molar refractivity (Wildman–Crippen MR) is 66.8 cm³/mol. The minimum absolute atomic E-state index is 0.320. The van der Waals surface area contributed by atoms with E-state index >= 15 is 0 Å². The zero-order valence-electron chi connectivity index (χ0n) is 9.52. The molecule has 8 heteroatoms.